The molecule has 1 rings (SSSR count). The molecule has 0 amide bonds. The van der Waals surface area contributed by atoms with Crippen LogP contribution in [0, 0.1) is 0 Å². The maximum atomic E-state index is 4.88. The van der Waals surface area contributed by atoms with Crippen LogP contribution in [-0.2, 0) is 18.5 Å². The second-order valence-electron chi connectivity index (χ2n) is 1.89. The number of rotatable bonds is 2. The van der Waals surface area contributed by atoms with Crippen LogP contribution >= 0.6 is 15.9 Å². The first kappa shape index (κ1) is 7.71. The summed E-state index contributed by atoms with van der Waals surface area (Å²) < 4.78 is 2.50. The summed E-state index contributed by atoms with van der Waals surface area (Å²) in [6, 6.07) is 1.85. The van der Waals surface area contributed by atoms with Gasteiger partial charge in [-0.15, -0.1) is 0 Å². The van der Waals surface area contributed by atoms with Gasteiger partial charge in [0, 0.05) is 7.05 Å². The van der Waals surface area contributed by atoms with Crippen LogP contribution in [0.5, 0.6) is 0 Å². The summed E-state index contributed by atoms with van der Waals surface area (Å²) in [6.45, 7) is 0.384. The minimum absolute atomic E-state index is 0.384. The second-order valence-corrected chi connectivity index (χ2v) is 2.71. The zero-order valence-electron chi connectivity index (χ0n) is 5.54. The Morgan fingerprint density at radius 2 is 2.60 bits per heavy atom. The zero-order chi connectivity index (χ0) is 7.56. The van der Waals surface area contributed by atoms with Crippen LogP contribution in [0.2, 0.25) is 0 Å². The van der Waals surface area contributed by atoms with Crippen molar-refractivity contribution in [1.82, 2.24) is 9.78 Å². The van der Waals surface area contributed by atoms with Crippen molar-refractivity contribution in [3.8, 4) is 0 Å². The molecule has 4 nitrogen and oxygen atoms in total. The topological polar surface area (TPSA) is 53.1 Å². The first-order chi connectivity index (χ1) is 4.74. The number of hydrogen-bond donors (Lipinski definition) is 1. The number of aryl methyl sites for hydroxylation is 1. The van der Waals surface area contributed by atoms with E-state index in [2.05, 4.69) is 25.9 Å². The lowest BCUT2D eigenvalue weighted by molar-refractivity contribution is 0.118. The molecule has 0 bridgehead atoms. The van der Waals surface area contributed by atoms with E-state index in [0.29, 0.717) is 6.61 Å². The molecular formula is C5H8BrN3O. The maximum Gasteiger partial charge on any atom is 0.128 e. The molecule has 1 heterocycles. The fraction of sp³-hybridized carbons (Fsp3) is 0.400. The molecule has 0 aliphatic rings. The minimum atomic E-state index is 0.384. The number of nitrogens with two attached hydrogens (primary N) is 1. The first-order valence-corrected chi connectivity index (χ1v) is 3.53. The molecule has 0 aliphatic heterocycles. The highest BCUT2D eigenvalue weighted by atomic mass is 79.9. The summed E-state index contributed by atoms with van der Waals surface area (Å²) >= 11 is 3.22. The van der Waals surface area contributed by atoms with E-state index in [-0.39, 0.29) is 0 Å². The van der Waals surface area contributed by atoms with Crippen molar-refractivity contribution in [2.75, 3.05) is 0 Å². The van der Waals surface area contributed by atoms with E-state index in [1.54, 1.807) is 4.68 Å². The number of halogens is 1. The SMILES string of the molecule is Cn1nc(Br)cc1CON. The van der Waals surface area contributed by atoms with Crippen LogP contribution in [0.25, 0.3) is 0 Å². The monoisotopic (exact) mass is 205 g/mol. The Hall–Kier alpha value is -0.390. The smallest absolute Gasteiger partial charge is 0.128 e. The quantitative estimate of drug-likeness (QED) is 0.719. The van der Waals surface area contributed by atoms with Gasteiger partial charge in [0.2, 0.25) is 0 Å². The summed E-state index contributed by atoms with van der Waals surface area (Å²) in [4.78, 5) is 4.44. The van der Waals surface area contributed by atoms with Crippen molar-refractivity contribution in [2.45, 2.75) is 6.61 Å². The first-order valence-electron chi connectivity index (χ1n) is 2.74. The van der Waals surface area contributed by atoms with Gasteiger partial charge in [-0.05, 0) is 22.0 Å². The summed E-state index contributed by atoms with van der Waals surface area (Å²) in [6.07, 6.45) is 0. The minimum Gasteiger partial charge on any atom is -0.298 e. The molecule has 0 saturated heterocycles. The van der Waals surface area contributed by atoms with Crippen LogP contribution in [0.1, 0.15) is 5.69 Å². The lowest BCUT2D eigenvalue weighted by Crippen LogP contribution is -2.04. The molecule has 0 spiro atoms. The van der Waals surface area contributed by atoms with Crippen molar-refractivity contribution >= 4 is 15.9 Å². The molecule has 5 heteroatoms. The average Bonchev–Trinajstić information content (AvgIpc) is 2.13. The molecule has 0 saturated carbocycles. The van der Waals surface area contributed by atoms with Crippen LogP contribution in [0.3, 0.4) is 0 Å². The van der Waals surface area contributed by atoms with Crippen LogP contribution in [0.15, 0.2) is 10.7 Å². The summed E-state index contributed by atoms with van der Waals surface area (Å²) in [7, 11) is 1.83. The molecule has 1 aromatic rings. The Morgan fingerprint density at radius 3 is 3.00 bits per heavy atom. The van der Waals surface area contributed by atoms with E-state index in [9.17, 15) is 0 Å². The standard InChI is InChI=1S/C5H8BrN3O/c1-9-4(3-10-7)2-5(6)8-9/h2H,3,7H2,1H3. The molecule has 0 unspecified atom stereocenters. The highest BCUT2D eigenvalue weighted by Crippen LogP contribution is 2.09. The number of nitrogens with zero attached hydrogens (tertiary/aromatic N) is 2. The third-order valence-electron chi connectivity index (χ3n) is 1.18. The Kier molecular flexibility index (Phi) is 2.42. The van der Waals surface area contributed by atoms with Crippen molar-refractivity contribution in [1.29, 1.82) is 0 Å². The van der Waals surface area contributed by atoms with E-state index >= 15 is 0 Å². The van der Waals surface area contributed by atoms with Gasteiger partial charge in [-0.2, -0.15) is 5.10 Å². The third-order valence-corrected chi connectivity index (χ3v) is 1.57. The molecule has 0 radical (unpaired) electrons. The van der Waals surface area contributed by atoms with Crippen molar-refractivity contribution in [2.24, 2.45) is 12.9 Å². The van der Waals surface area contributed by atoms with Gasteiger partial charge in [-0.25, -0.2) is 5.90 Å². The van der Waals surface area contributed by atoms with E-state index in [4.69, 9.17) is 5.90 Å². The lowest BCUT2D eigenvalue weighted by atomic mass is 10.5. The van der Waals surface area contributed by atoms with Gasteiger partial charge >= 0.3 is 0 Å². The Labute approximate surface area is 67.0 Å². The predicted octanol–water partition coefficient (Wildman–Crippen LogP) is 0.573. The van der Waals surface area contributed by atoms with Gasteiger partial charge in [0.25, 0.3) is 0 Å². The van der Waals surface area contributed by atoms with Gasteiger partial charge in [0.15, 0.2) is 0 Å². The van der Waals surface area contributed by atoms with E-state index < -0.39 is 0 Å². The molecule has 10 heavy (non-hydrogen) atoms. The van der Waals surface area contributed by atoms with Crippen molar-refractivity contribution in [3.05, 3.63) is 16.4 Å². The lowest BCUT2D eigenvalue weighted by Gasteiger charge is -1.96. The summed E-state index contributed by atoms with van der Waals surface area (Å²) in [5.74, 6) is 4.88. The van der Waals surface area contributed by atoms with Crippen LogP contribution < -0.4 is 5.90 Å². The van der Waals surface area contributed by atoms with Crippen LogP contribution in [-0.4, -0.2) is 9.78 Å². The van der Waals surface area contributed by atoms with Gasteiger partial charge in [-0.3, -0.25) is 9.52 Å². The van der Waals surface area contributed by atoms with Crippen molar-refractivity contribution in [3.63, 3.8) is 0 Å². The Balaban J connectivity index is 2.81. The summed E-state index contributed by atoms with van der Waals surface area (Å²) in [5.41, 5.74) is 0.939. The molecule has 2 N–H and O–H groups in total. The molecule has 0 aliphatic carbocycles. The van der Waals surface area contributed by atoms with E-state index in [1.807, 2.05) is 13.1 Å². The van der Waals surface area contributed by atoms with E-state index in [0.717, 1.165) is 10.3 Å². The van der Waals surface area contributed by atoms with Gasteiger partial charge < -0.3 is 0 Å². The molecule has 56 valence electrons. The number of aromatic nitrogens is 2. The second kappa shape index (κ2) is 3.14. The van der Waals surface area contributed by atoms with Crippen molar-refractivity contribution < 1.29 is 4.84 Å². The van der Waals surface area contributed by atoms with Gasteiger partial charge in [-0.1, -0.05) is 0 Å². The zero-order valence-corrected chi connectivity index (χ0v) is 7.13. The number of hydrogen-bond acceptors (Lipinski definition) is 3. The van der Waals surface area contributed by atoms with E-state index in [1.165, 1.54) is 0 Å². The molecule has 0 aromatic carbocycles. The highest BCUT2D eigenvalue weighted by molar-refractivity contribution is 9.10. The summed E-state index contributed by atoms with van der Waals surface area (Å²) in [5, 5.41) is 4.03. The largest absolute Gasteiger partial charge is 0.298 e. The van der Waals surface area contributed by atoms with Gasteiger partial charge in [0.05, 0.1) is 5.69 Å². The molecule has 0 fully saturated rings. The normalized spacial score (nSPS) is 10.3. The molecule has 0 atom stereocenters. The maximum absolute atomic E-state index is 4.88. The molecule has 1 aromatic heterocycles. The molecular weight excluding hydrogens is 198 g/mol. The third kappa shape index (κ3) is 1.56. The Bertz CT molecular complexity index is 223. The average molecular weight is 206 g/mol. The predicted molar refractivity (Wildman–Crippen MR) is 39.9 cm³/mol. The van der Waals surface area contributed by atoms with Crippen LogP contribution in [0.4, 0.5) is 0 Å². The van der Waals surface area contributed by atoms with Gasteiger partial charge in [0.1, 0.15) is 11.2 Å². The Morgan fingerprint density at radius 1 is 1.90 bits per heavy atom. The highest BCUT2D eigenvalue weighted by Gasteiger charge is 2.00. The fourth-order valence-electron chi connectivity index (χ4n) is 0.688. The fourth-order valence-corrected chi connectivity index (χ4v) is 1.19.